The third-order valence-electron chi connectivity index (χ3n) is 2.53. The van der Waals surface area contributed by atoms with E-state index in [9.17, 15) is 13.2 Å². The molecule has 1 saturated carbocycles. The van der Waals surface area contributed by atoms with Crippen LogP contribution in [0, 0.1) is 5.92 Å². The molecule has 0 aromatic rings. The topological polar surface area (TPSA) is 32.3 Å². The van der Waals surface area contributed by atoms with Gasteiger partial charge in [0.2, 0.25) is 0 Å². The van der Waals surface area contributed by atoms with Gasteiger partial charge in [-0.1, -0.05) is 13.3 Å². The number of aliphatic hydroxyl groups is 1. The molecule has 0 radical (unpaired) electrons. The summed E-state index contributed by atoms with van der Waals surface area (Å²) in [6.45, 7) is 1.67. The van der Waals surface area contributed by atoms with Gasteiger partial charge in [0, 0.05) is 12.6 Å². The molecule has 2 N–H and O–H groups in total. The minimum Gasteiger partial charge on any atom is -0.382 e. The molecule has 84 valence electrons. The second-order valence-electron chi connectivity index (χ2n) is 3.86. The quantitative estimate of drug-likeness (QED) is 0.725. The average Bonchev–Trinajstić information content (AvgIpc) is 2.78. The van der Waals surface area contributed by atoms with Crippen molar-refractivity contribution in [2.45, 2.75) is 44.5 Å². The van der Waals surface area contributed by atoms with Crippen LogP contribution >= 0.6 is 0 Å². The van der Waals surface area contributed by atoms with Crippen molar-refractivity contribution >= 4 is 0 Å². The van der Waals surface area contributed by atoms with Gasteiger partial charge in [-0.2, -0.15) is 13.2 Å². The van der Waals surface area contributed by atoms with Crippen molar-refractivity contribution in [3.8, 4) is 0 Å². The van der Waals surface area contributed by atoms with Crippen LogP contribution < -0.4 is 5.32 Å². The standard InChI is InChI=1S/C9H16F3NO/c1-2-3-6-4-7(6)13-5-8(14)9(10,11)12/h6-8,13-14H,2-5H2,1H3. The van der Waals surface area contributed by atoms with Crippen LogP contribution in [0.25, 0.3) is 0 Å². The van der Waals surface area contributed by atoms with E-state index >= 15 is 0 Å². The summed E-state index contributed by atoms with van der Waals surface area (Å²) in [4.78, 5) is 0. The van der Waals surface area contributed by atoms with E-state index in [0.717, 1.165) is 19.3 Å². The monoisotopic (exact) mass is 211 g/mol. The fraction of sp³-hybridized carbons (Fsp3) is 1.00. The first-order chi connectivity index (χ1) is 6.45. The Morgan fingerprint density at radius 2 is 2.14 bits per heavy atom. The summed E-state index contributed by atoms with van der Waals surface area (Å²) in [7, 11) is 0. The van der Waals surface area contributed by atoms with E-state index in [0.29, 0.717) is 5.92 Å². The smallest absolute Gasteiger partial charge is 0.382 e. The Kier molecular flexibility index (Phi) is 3.78. The fourth-order valence-electron chi connectivity index (χ4n) is 1.57. The largest absolute Gasteiger partial charge is 0.415 e. The Morgan fingerprint density at radius 3 is 2.64 bits per heavy atom. The maximum Gasteiger partial charge on any atom is 0.415 e. The van der Waals surface area contributed by atoms with E-state index in [1.807, 2.05) is 0 Å². The fourth-order valence-corrected chi connectivity index (χ4v) is 1.57. The second kappa shape index (κ2) is 4.49. The highest BCUT2D eigenvalue weighted by Crippen LogP contribution is 2.34. The van der Waals surface area contributed by atoms with Gasteiger partial charge in [0.15, 0.2) is 6.10 Å². The number of nitrogens with one attached hydrogen (secondary N) is 1. The van der Waals surface area contributed by atoms with Gasteiger partial charge < -0.3 is 10.4 Å². The first-order valence-corrected chi connectivity index (χ1v) is 4.93. The van der Waals surface area contributed by atoms with Crippen LogP contribution in [0.1, 0.15) is 26.2 Å². The van der Waals surface area contributed by atoms with E-state index in [-0.39, 0.29) is 12.6 Å². The number of aliphatic hydroxyl groups excluding tert-OH is 1. The zero-order chi connectivity index (χ0) is 10.8. The summed E-state index contributed by atoms with van der Waals surface area (Å²) in [5.41, 5.74) is 0. The number of hydrogen-bond acceptors (Lipinski definition) is 2. The van der Waals surface area contributed by atoms with Crippen LogP contribution in [-0.2, 0) is 0 Å². The molecule has 0 amide bonds. The Hall–Kier alpha value is -0.290. The first-order valence-electron chi connectivity index (χ1n) is 4.93. The molecule has 5 heteroatoms. The predicted molar refractivity (Wildman–Crippen MR) is 46.9 cm³/mol. The van der Waals surface area contributed by atoms with E-state index in [2.05, 4.69) is 12.2 Å². The summed E-state index contributed by atoms with van der Waals surface area (Å²) in [6.07, 6.45) is -3.67. The Morgan fingerprint density at radius 1 is 1.50 bits per heavy atom. The normalized spacial score (nSPS) is 28.9. The molecule has 0 spiro atoms. The molecule has 1 rings (SSSR count). The molecule has 14 heavy (non-hydrogen) atoms. The van der Waals surface area contributed by atoms with Gasteiger partial charge in [-0.25, -0.2) is 0 Å². The van der Waals surface area contributed by atoms with Crippen LogP contribution in [-0.4, -0.2) is 30.0 Å². The minimum absolute atomic E-state index is 0.187. The van der Waals surface area contributed by atoms with Crippen LogP contribution in [0.3, 0.4) is 0 Å². The third kappa shape index (κ3) is 3.46. The SMILES string of the molecule is CCCC1CC1NCC(O)C(F)(F)F. The molecule has 1 aliphatic carbocycles. The lowest BCUT2D eigenvalue weighted by Crippen LogP contribution is -2.39. The summed E-state index contributed by atoms with van der Waals surface area (Å²) in [6, 6.07) is 0.187. The molecule has 0 aliphatic heterocycles. The number of alkyl halides is 3. The number of rotatable bonds is 5. The highest BCUT2D eigenvalue weighted by Gasteiger charge is 2.41. The van der Waals surface area contributed by atoms with Crippen LogP contribution in [0.4, 0.5) is 13.2 Å². The molecule has 1 fully saturated rings. The maximum absolute atomic E-state index is 11.9. The van der Waals surface area contributed by atoms with Crippen molar-refractivity contribution in [2.75, 3.05) is 6.54 Å². The minimum atomic E-state index is -4.50. The lowest BCUT2D eigenvalue weighted by atomic mass is 10.2. The van der Waals surface area contributed by atoms with Crippen LogP contribution in [0.15, 0.2) is 0 Å². The summed E-state index contributed by atoms with van der Waals surface area (Å²) in [5.74, 6) is 0.514. The average molecular weight is 211 g/mol. The maximum atomic E-state index is 11.9. The second-order valence-corrected chi connectivity index (χ2v) is 3.86. The van der Waals surface area contributed by atoms with Crippen molar-refractivity contribution < 1.29 is 18.3 Å². The van der Waals surface area contributed by atoms with Crippen molar-refractivity contribution in [3.63, 3.8) is 0 Å². The third-order valence-corrected chi connectivity index (χ3v) is 2.53. The molecule has 3 unspecified atom stereocenters. The van der Waals surface area contributed by atoms with Gasteiger partial charge in [-0.15, -0.1) is 0 Å². The predicted octanol–water partition coefficient (Wildman–Crippen LogP) is 1.69. The van der Waals surface area contributed by atoms with Crippen molar-refractivity contribution in [1.29, 1.82) is 0 Å². The Balaban J connectivity index is 2.11. The molecule has 1 aliphatic rings. The van der Waals surface area contributed by atoms with Gasteiger partial charge in [0.25, 0.3) is 0 Å². The molecule has 0 bridgehead atoms. The molecule has 0 aromatic carbocycles. The van der Waals surface area contributed by atoms with E-state index in [4.69, 9.17) is 5.11 Å². The van der Waals surface area contributed by atoms with Crippen molar-refractivity contribution in [3.05, 3.63) is 0 Å². The lowest BCUT2D eigenvalue weighted by Gasteiger charge is -2.14. The molecule has 3 atom stereocenters. The van der Waals surface area contributed by atoms with E-state index in [1.54, 1.807) is 0 Å². The van der Waals surface area contributed by atoms with Gasteiger partial charge in [-0.05, 0) is 18.8 Å². The Labute approximate surface area is 81.5 Å². The van der Waals surface area contributed by atoms with E-state index < -0.39 is 12.3 Å². The number of halogens is 3. The molecular formula is C9H16F3NO. The zero-order valence-corrected chi connectivity index (χ0v) is 8.14. The zero-order valence-electron chi connectivity index (χ0n) is 8.14. The highest BCUT2D eigenvalue weighted by atomic mass is 19.4. The van der Waals surface area contributed by atoms with E-state index in [1.165, 1.54) is 0 Å². The molecule has 0 aromatic heterocycles. The molecule has 0 saturated heterocycles. The number of hydrogen-bond donors (Lipinski definition) is 2. The highest BCUT2D eigenvalue weighted by molar-refractivity contribution is 4.93. The Bertz CT molecular complexity index is 183. The van der Waals surface area contributed by atoms with Crippen LogP contribution in [0.5, 0.6) is 0 Å². The van der Waals surface area contributed by atoms with Crippen LogP contribution in [0.2, 0.25) is 0 Å². The van der Waals surface area contributed by atoms with Gasteiger partial charge in [0.1, 0.15) is 0 Å². The summed E-state index contributed by atoms with van der Waals surface area (Å²) < 4.78 is 35.6. The lowest BCUT2D eigenvalue weighted by molar-refractivity contribution is -0.201. The van der Waals surface area contributed by atoms with Gasteiger partial charge in [0.05, 0.1) is 0 Å². The molecule has 2 nitrogen and oxygen atoms in total. The summed E-state index contributed by atoms with van der Waals surface area (Å²) in [5, 5.41) is 11.4. The first kappa shape index (κ1) is 11.8. The molecular weight excluding hydrogens is 195 g/mol. The van der Waals surface area contributed by atoms with Gasteiger partial charge in [-0.3, -0.25) is 0 Å². The van der Waals surface area contributed by atoms with Crippen molar-refractivity contribution in [1.82, 2.24) is 5.32 Å². The molecule has 0 heterocycles. The van der Waals surface area contributed by atoms with Crippen molar-refractivity contribution in [2.24, 2.45) is 5.92 Å². The van der Waals surface area contributed by atoms with Gasteiger partial charge >= 0.3 is 6.18 Å². The summed E-state index contributed by atoms with van der Waals surface area (Å²) >= 11 is 0.